The topological polar surface area (TPSA) is 12.0 Å². The molecule has 0 radical (unpaired) electrons. The SMILES string of the molecule is CNC1CCCc2ccc(-c3ccc(C)c(C)c3)cc21. The Hall–Kier alpha value is -1.60. The van der Waals surface area contributed by atoms with Gasteiger partial charge in [0.1, 0.15) is 0 Å². The van der Waals surface area contributed by atoms with Crippen LogP contribution in [0.15, 0.2) is 36.4 Å². The van der Waals surface area contributed by atoms with Crippen molar-refractivity contribution in [2.24, 2.45) is 0 Å². The molecule has 0 spiro atoms. The molecule has 1 heteroatoms. The highest BCUT2D eigenvalue weighted by molar-refractivity contribution is 5.66. The van der Waals surface area contributed by atoms with E-state index in [0.29, 0.717) is 6.04 Å². The van der Waals surface area contributed by atoms with Crippen LogP contribution in [-0.2, 0) is 6.42 Å². The fourth-order valence-corrected chi connectivity index (χ4v) is 3.20. The summed E-state index contributed by atoms with van der Waals surface area (Å²) in [5.74, 6) is 0. The van der Waals surface area contributed by atoms with Crippen molar-refractivity contribution < 1.29 is 0 Å². The lowest BCUT2D eigenvalue weighted by atomic mass is 9.85. The highest BCUT2D eigenvalue weighted by Gasteiger charge is 2.19. The van der Waals surface area contributed by atoms with Gasteiger partial charge in [0, 0.05) is 6.04 Å². The standard InChI is InChI=1S/C19H23N/c1-13-7-8-16(11-14(13)2)17-10-9-15-5-4-6-19(20-3)18(15)12-17/h7-12,19-20H,4-6H2,1-3H3. The number of nitrogens with one attached hydrogen (secondary N) is 1. The van der Waals surface area contributed by atoms with Crippen LogP contribution in [0.3, 0.4) is 0 Å². The highest BCUT2D eigenvalue weighted by atomic mass is 14.9. The number of hydrogen-bond acceptors (Lipinski definition) is 1. The third-order valence-electron chi connectivity index (χ3n) is 4.65. The largest absolute Gasteiger partial charge is 0.313 e. The first-order valence-electron chi connectivity index (χ1n) is 7.57. The van der Waals surface area contributed by atoms with Gasteiger partial charge in [0.2, 0.25) is 0 Å². The molecule has 0 saturated carbocycles. The Morgan fingerprint density at radius 3 is 2.45 bits per heavy atom. The molecule has 104 valence electrons. The molecule has 1 unspecified atom stereocenters. The Bertz CT molecular complexity index is 628. The number of fused-ring (bicyclic) bond motifs is 1. The summed E-state index contributed by atoms with van der Waals surface area (Å²) in [6.45, 7) is 4.36. The second-order valence-electron chi connectivity index (χ2n) is 5.95. The molecule has 1 aliphatic rings. The number of rotatable bonds is 2. The first-order chi connectivity index (χ1) is 9.69. The van der Waals surface area contributed by atoms with E-state index in [0.717, 1.165) is 0 Å². The minimum atomic E-state index is 0.519. The predicted octanol–water partition coefficient (Wildman–Crippen LogP) is 4.57. The molecule has 3 rings (SSSR count). The summed E-state index contributed by atoms with van der Waals surface area (Å²) in [6, 6.07) is 14.3. The van der Waals surface area contributed by atoms with Crippen LogP contribution in [0.1, 0.15) is 41.1 Å². The summed E-state index contributed by atoms with van der Waals surface area (Å²) < 4.78 is 0. The monoisotopic (exact) mass is 265 g/mol. The van der Waals surface area contributed by atoms with Gasteiger partial charge in [0.25, 0.3) is 0 Å². The number of hydrogen-bond donors (Lipinski definition) is 1. The van der Waals surface area contributed by atoms with E-state index < -0.39 is 0 Å². The maximum atomic E-state index is 3.46. The molecule has 1 atom stereocenters. The summed E-state index contributed by atoms with van der Waals surface area (Å²) in [7, 11) is 2.07. The van der Waals surface area contributed by atoms with Crippen LogP contribution in [0.25, 0.3) is 11.1 Å². The summed E-state index contributed by atoms with van der Waals surface area (Å²) in [5.41, 5.74) is 8.41. The van der Waals surface area contributed by atoms with Crippen molar-refractivity contribution in [1.82, 2.24) is 5.32 Å². The van der Waals surface area contributed by atoms with Crippen LogP contribution in [-0.4, -0.2) is 7.05 Å². The predicted molar refractivity (Wildman–Crippen MR) is 86.1 cm³/mol. The molecular formula is C19H23N. The van der Waals surface area contributed by atoms with E-state index in [4.69, 9.17) is 0 Å². The summed E-state index contributed by atoms with van der Waals surface area (Å²) in [4.78, 5) is 0. The van der Waals surface area contributed by atoms with Gasteiger partial charge in [-0.1, -0.05) is 30.3 Å². The second-order valence-corrected chi connectivity index (χ2v) is 5.95. The van der Waals surface area contributed by atoms with Crippen LogP contribution < -0.4 is 5.32 Å². The van der Waals surface area contributed by atoms with Gasteiger partial charge in [0.15, 0.2) is 0 Å². The van der Waals surface area contributed by atoms with Crippen molar-refractivity contribution >= 4 is 0 Å². The molecule has 0 aliphatic heterocycles. The molecule has 1 N–H and O–H groups in total. The number of benzene rings is 2. The van der Waals surface area contributed by atoms with Crippen molar-refractivity contribution in [1.29, 1.82) is 0 Å². The molecule has 0 saturated heterocycles. The smallest absolute Gasteiger partial charge is 0.0320 e. The molecule has 0 bridgehead atoms. The summed E-state index contributed by atoms with van der Waals surface area (Å²) >= 11 is 0. The zero-order valence-corrected chi connectivity index (χ0v) is 12.7. The highest BCUT2D eigenvalue weighted by Crippen LogP contribution is 2.33. The fourth-order valence-electron chi connectivity index (χ4n) is 3.20. The maximum Gasteiger partial charge on any atom is 0.0320 e. The van der Waals surface area contributed by atoms with Gasteiger partial charge in [-0.3, -0.25) is 0 Å². The minimum absolute atomic E-state index is 0.519. The van der Waals surface area contributed by atoms with Crippen molar-refractivity contribution in [3.63, 3.8) is 0 Å². The van der Waals surface area contributed by atoms with Crippen LogP contribution in [0.4, 0.5) is 0 Å². The van der Waals surface area contributed by atoms with E-state index in [1.54, 1.807) is 0 Å². The Morgan fingerprint density at radius 2 is 1.70 bits per heavy atom. The Morgan fingerprint density at radius 1 is 0.950 bits per heavy atom. The van der Waals surface area contributed by atoms with Gasteiger partial charge in [0.05, 0.1) is 0 Å². The molecule has 2 aromatic rings. The molecule has 2 aromatic carbocycles. The molecule has 1 aliphatic carbocycles. The van der Waals surface area contributed by atoms with Crippen molar-refractivity contribution in [2.75, 3.05) is 7.05 Å². The van der Waals surface area contributed by atoms with E-state index in [-0.39, 0.29) is 0 Å². The minimum Gasteiger partial charge on any atom is -0.313 e. The Kier molecular flexibility index (Phi) is 3.62. The van der Waals surface area contributed by atoms with Crippen LogP contribution in [0, 0.1) is 13.8 Å². The van der Waals surface area contributed by atoms with Gasteiger partial charge in [-0.25, -0.2) is 0 Å². The third-order valence-corrected chi connectivity index (χ3v) is 4.65. The van der Waals surface area contributed by atoms with Gasteiger partial charge in [-0.15, -0.1) is 0 Å². The average molecular weight is 265 g/mol. The Labute approximate surface area is 122 Å². The Balaban J connectivity index is 2.04. The quantitative estimate of drug-likeness (QED) is 0.839. The molecule has 1 nitrogen and oxygen atoms in total. The van der Waals surface area contributed by atoms with E-state index in [1.807, 2.05) is 0 Å². The van der Waals surface area contributed by atoms with E-state index >= 15 is 0 Å². The first-order valence-corrected chi connectivity index (χ1v) is 7.57. The zero-order valence-electron chi connectivity index (χ0n) is 12.7. The normalized spacial score (nSPS) is 17.9. The van der Waals surface area contributed by atoms with Gasteiger partial charge in [-0.05, 0) is 79.6 Å². The van der Waals surface area contributed by atoms with Crippen LogP contribution in [0.5, 0.6) is 0 Å². The van der Waals surface area contributed by atoms with Gasteiger partial charge < -0.3 is 5.32 Å². The molecule has 0 fully saturated rings. The molecule has 20 heavy (non-hydrogen) atoms. The average Bonchev–Trinajstić information content (AvgIpc) is 2.49. The summed E-state index contributed by atoms with van der Waals surface area (Å²) in [5, 5.41) is 3.46. The van der Waals surface area contributed by atoms with E-state index in [1.165, 1.54) is 52.6 Å². The van der Waals surface area contributed by atoms with E-state index in [2.05, 4.69) is 62.6 Å². The van der Waals surface area contributed by atoms with Crippen LogP contribution >= 0.6 is 0 Å². The van der Waals surface area contributed by atoms with Crippen molar-refractivity contribution in [2.45, 2.75) is 39.2 Å². The zero-order chi connectivity index (χ0) is 14.1. The lowest BCUT2D eigenvalue weighted by Crippen LogP contribution is -2.21. The maximum absolute atomic E-state index is 3.46. The lowest BCUT2D eigenvalue weighted by molar-refractivity contribution is 0.497. The molecule has 0 heterocycles. The van der Waals surface area contributed by atoms with Crippen molar-refractivity contribution in [3.05, 3.63) is 58.7 Å². The van der Waals surface area contributed by atoms with Crippen LogP contribution in [0.2, 0.25) is 0 Å². The van der Waals surface area contributed by atoms with Gasteiger partial charge >= 0.3 is 0 Å². The van der Waals surface area contributed by atoms with Gasteiger partial charge in [-0.2, -0.15) is 0 Å². The molecular weight excluding hydrogens is 242 g/mol. The molecule has 0 amide bonds. The van der Waals surface area contributed by atoms with Crippen molar-refractivity contribution in [3.8, 4) is 11.1 Å². The van der Waals surface area contributed by atoms with E-state index in [9.17, 15) is 0 Å². The summed E-state index contributed by atoms with van der Waals surface area (Å²) in [6.07, 6.45) is 3.77. The third kappa shape index (κ3) is 2.38. The molecule has 0 aromatic heterocycles. The number of aryl methyl sites for hydroxylation is 3. The lowest BCUT2D eigenvalue weighted by Gasteiger charge is -2.26. The second kappa shape index (κ2) is 5.41. The fraction of sp³-hybridized carbons (Fsp3) is 0.368. The first kappa shape index (κ1) is 13.4.